The van der Waals surface area contributed by atoms with Gasteiger partial charge in [0, 0.05) is 118 Å². The van der Waals surface area contributed by atoms with Gasteiger partial charge in [0.15, 0.2) is 12.1 Å². The number of nitrogen functional groups attached to an aromatic ring is 1. The number of benzene rings is 6. The predicted octanol–water partition coefficient (Wildman–Crippen LogP) is 38.8. The monoisotopic (exact) mass is 5090 g/mol. The summed E-state index contributed by atoms with van der Waals surface area (Å²) in [5, 5.41) is 35.5. The average molecular weight is 5100 g/mol. The number of carbonyl (C=O) groups excluding carboxylic acids is 1. The minimum Gasteiger partial charge on any atom is -0.480 e. The average Bonchev–Trinajstić information content (AvgIpc) is 1.08. The Kier molecular flexibility index (Phi) is 87.5. The van der Waals surface area contributed by atoms with Gasteiger partial charge in [0.25, 0.3) is 0 Å². The van der Waals surface area contributed by atoms with Crippen LogP contribution in [-0.2, 0) is 23.9 Å². The number of ether oxygens (including phenoxy) is 2. The van der Waals surface area contributed by atoms with Gasteiger partial charge in [-0.25, -0.2) is 9.59 Å². The number of hydrogen-bond acceptors (Lipinski definition) is 11. The number of rotatable bonds is 23. The fraction of sp³-hybridized carbons (Fsp3) is 0.256. The van der Waals surface area contributed by atoms with Gasteiger partial charge in [0.1, 0.15) is 10.9 Å². The van der Waals surface area contributed by atoms with E-state index in [-0.39, 0.29) is 25.6 Å². The number of aliphatic hydroxyl groups excluding tert-OH is 1. The SMILES string of the molecule is C.C#CC#CC#CC#CC#CC#CC#CC#CC#CC#CC#CC#CC#CC#CC.C1CCOC1.II(I)I(I)I(I)I(I)I(I)I(I)I(I)I(I)I(I)I(I)I(I)I(I)I(I)I.Nc1ccc(Cl)cc1.O=C(O)C(Br)c1ccccc1.O=C(O)C(Nc1ccc(Cl)cc1)c1ccccc1.O=C(O[C@H]1CN2CCC1CC2)C(Nc1ccc(Cl)cc1)c1ccccc1.O[C@H]1CN2CCC1CC2. The molecule has 4 bridgehead atoms. The van der Waals surface area contributed by atoms with E-state index >= 15 is 0 Å². The molecular weight excluding hydrogens is 5020 g/mol. The Morgan fingerprint density at radius 1 is 0.422 bits per heavy atom. The third-order valence-corrected chi connectivity index (χ3v) is 2000. The minimum atomic E-state index is -0.920. The smallest absolute Gasteiger partial charge is 0.333 e. The van der Waals surface area contributed by atoms with Crippen LogP contribution in [-0.4, -0.2) is 108 Å². The van der Waals surface area contributed by atoms with Gasteiger partial charge < -0.3 is 46.1 Å². The van der Waals surface area contributed by atoms with Crippen LogP contribution >= 0.6 is 433 Å². The zero-order valence-electron chi connectivity index (χ0n) is 68.6. The first-order chi connectivity index (χ1) is 64.3. The summed E-state index contributed by atoms with van der Waals surface area (Å²) in [6.45, 7) is 10.2. The molecule has 13 rings (SSSR count). The van der Waals surface area contributed by atoms with E-state index in [1.165, 1.54) is 38.8 Å². The molecule has 13 nitrogen and oxygen atoms in total. The normalized spacial score (nSPS) is 16.9. The van der Waals surface area contributed by atoms with Gasteiger partial charge >= 0.3 is 400 Å². The molecule has 6 aromatic carbocycles. The summed E-state index contributed by atoms with van der Waals surface area (Å²) in [5.74, 6) is 66.0. The van der Waals surface area contributed by atoms with Crippen LogP contribution < -0.4 is 16.4 Å². The number of hydrogen-bond donors (Lipinski definition) is 6. The molecule has 7 aliphatic heterocycles. The number of alkyl halides is 1. The number of nitrogens with two attached hydrogens (primary N) is 1. The van der Waals surface area contributed by atoms with E-state index in [1.807, 2.05) is 91.0 Å². The number of carbonyl (C=O) groups is 3. The molecular formula is C90H77BrCl3I28N5O8. The molecule has 7 aliphatic rings. The van der Waals surface area contributed by atoms with E-state index in [0.717, 1.165) is 85.4 Å². The second-order valence-electron chi connectivity index (χ2n) is 24.8. The minimum absolute atomic E-state index is 0. The summed E-state index contributed by atoms with van der Waals surface area (Å²) < 4.78 is 10.9. The molecule has 0 radical (unpaired) electrons. The van der Waals surface area contributed by atoms with Crippen molar-refractivity contribution in [1.82, 2.24) is 9.80 Å². The molecule has 7 saturated heterocycles. The van der Waals surface area contributed by atoms with Crippen LogP contribution in [0, 0.1) is 178 Å². The Morgan fingerprint density at radius 3 is 0.963 bits per heavy atom. The molecule has 45 heteroatoms. The van der Waals surface area contributed by atoms with Crippen LogP contribution in [0.4, 0.5) is 17.1 Å². The molecule has 0 aromatic heterocycles. The van der Waals surface area contributed by atoms with Crippen LogP contribution in [0.1, 0.15) is 86.5 Å². The number of nitrogens with one attached hydrogen (secondary N) is 2. The summed E-state index contributed by atoms with van der Waals surface area (Å²) in [6, 6.07) is 47.8. The number of aliphatic hydroxyl groups is 1. The van der Waals surface area contributed by atoms with Crippen LogP contribution in [0.5, 0.6) is 0 Å². The maximum absolute atomic E-state index is 13.0. The molecule has 7 N–H and O–H groups in total. The number of carboxylic acids is 2. The van der Waals surface area contributed by atoms with Crippen LogP contribution in [0.2, 0.25) is 15.1 Å². The maximum atomic E-state index is 13.0. The van der Waals surface area contributed by atoms with Crippen molar-refractivity contribution >= 4 is 468 Å². The summed E-state index contributed by atoms with van der Waals surface area (Å²) in [7, 11) is -5.91. The molecule has 0 saturated carbocycles. The fourth-order valence-electron chi connectivity index (χ4n) is 10.4. The standard InChI is InChI=1S/C29H4.C21H23ClN2O2.C14H12ClNO2.C8H7BrO2.C7H13NO.C6H6ClN.C4H8O.CH4.I28/c1-3-5-7-9-11-13-15-17-19-21-23-25-27-29-28-26-24-22-20-18-16-14-12-10-8-6-4-2;22-17-6-8-18(9-7-17)23-20(16-4-2-1-3-5-16)21(25)26-19-14-24-12-10-15(19)11-13-24;15-11-6-8-12(9-7-11)16-13(14(17)18)10-4-2-1-3-5-10;9-7(8(10)11)6-4-2-1-3-5-6;9-7-5-8-3-1-6(7)2-4-8;7-5-1-3-6(8)4-2-5;1-2-4-5-3-1;;1-16(2)18(5)20(7)22(9)24(11)26(13)28(15)27(14)25(12)23(10)21(8)19(6)17(3)4/h1H,2H3;1-9,15,19-20,23H,10-14H2;1-9,13,16H,(H,17,18);1-5,7H,(H,10,11);6-7,9H,1-5H2;1-4H,8H2;1-4H2;1H4;/t;19-,20?;;;7-;;;;/m.0..0..../s1. The molecule has 5 atom stereocenters. The Balaban J connectivity index is 0.000000416. The first-order valence-electron chi connectivity index (χ1n) is 37.1. The van der Waals surface area contributed by atoms with Crippen molar-refractivity contribution in [1.29, 1.82) is 0 Å². The van der Waals surface area contributed by atoms with Crippen molar-refractivity contribution in [2.45, 2.75) is 82.0 Å². The van der Waals surface area contributed by atoms with Crippen LogP contribution in [0.25, 0.3) is 0 Å². The van der Waals surface area contributed by atoms with Crippen molar-refractivity contribution in [2.24, 2.45) is 11.8 Å². The van der Waals surface area contributed by atoms with Crippen LogP contribution in [0.3, 0.4) is 0 Å². The van der Waals surface area contributed by atoms with Crippen molar-refractivity contribution < 1.29 is 39.2 Å². The third-order valence-electron chi connectivity index (χ3n) is 16.2. The maximum Gasteiger partial charge on any atom is 0.333 e. The third kappa shape index (κ3) is 61.8. The molecule has 0 aliphatic carbocycles. The number of nitrogens with zero attached hydrogens (tertiary/aromatic N) is 2. The van der Waals surface area contributed by atoms with Crippen molar-refractivity contribution in [3.8, 4) is 166 Å². The quantitative estimate of drug-likeness (QED) is 0.0117. The summed E-state index contributed by atoms with van der Waals surface area (Å²) in [6.07, 6.45) is 12.2. The predicted molar refractivity (Wildman–Crippen MR) is 827 cm³/mol. The van der Waals surface area contributed by atoms with Gasteiger partial charge in [-0.1, -0.05) is 155 Å². The molecule has 6 aromatic rings. The van der Waals surface area contributed by atoms with E-state index in [0.29, 0.717) is 27.4 Å². The largest absolute Gasteiger partial charge is 0.480 e. The number of carboxylic acid groups (broad SMARTS) is 2. The van der Waals surface area contributed by atoms with E-state index in [4.69, 9.17) is 61.5 Å². The van der Waals surface area contributed by atoms with E-state index in [2.05, 4.69) is 475 Å². The van der Waals surface area contributed by atoms with E-state index < -0.39 is 131 Å². The van der Waals surface area contributed by atoms with Gasteiger partial charge in [0.05, 0.1) is 6.10 Å². The van der Waals surface area contributed by atoms with Gasteiger partial charge in [0.2, 0.25) is 0 Å². The zero-order valence-corrected chi connectivity index (χ0v) is 133. The number of aliphatic carboxylic acids is 2. The number of esters is 1. The first kappa shape index (κ1) is 138. The summed E-state index contributed by atoms with van der Waals surface area (Å²) >= 11 is 67.3. The van der Waals surface area contributed by atoms with Gasteiger partial charge in [-0.3, -0.25) is 9.69 Å². The number of halogens is 32. The Morgan fingerprint density at radius 2 is 0.711 bits per heavy atom. The Bertz CT molecular complexity index is 5560. The van der Waals surface area contributed by atoms with Crippen molar-refractivity contribution in [2.75, 3.05) is 68.8 Å². The number of piperidine rings is 6. The molecule has 0 amide bonds. The van der Waals surface area contributed by atoms with Crippen molar-refractivity contribution in [3.63, 3.8) is 0 Å². The summed E-state index contributed by atoms with van der Waals surface area (Å²) in [5.41, 5.74) is 10.0. The van der Waals surface area contributed by atoms with Gasteiger partial charge in [-0.15, -0.1) is 6.42 Å². The fourth-order valence-corrected chi connectivity index (χ4v) is 4620. The second kappa shape index (κ2) is 85.8. The first-order valence-corrected chi connectivity index (χ1v) is 209. The number of anilines is 3. The topological polar surface area (TPSA) is 187 Å². The van der Waals surface area contributed by atoms with E-state index in [9.17, 15) is 24.6 Å². The molecule has 135 heavy (non-hydrogen) atoms. The number of terminal acetylenes is 1. The Hall–Kier alpha value is 8.60. The molecule has 3 unspecified atom stereocenters. The summed E-state index contributed by atoms with van der Waals surface area (Å²) in [4.78, 5) is 38.9. The van der Waals surface area contributed by atoms with Crippen LogP contribution in [0.15, 0.2) is 164 Å². The van der Waals surface area contributed by atoms with E-state index in [1.54, 1.807) is 79.7 Å². The second-order valence-corrected chi connectivity index (χ2v) is 661. The molecule has 0 spiro atoms. The molecule has 7 fully saturated rings. The molecule has 734 valence electrons. The molecule has 7 heterocycles. The van der Waals surface area contributed by atoms with Gasteiger partial charge in [-0.2, -0.15) is 0 Å². The van der Waals surface area contributed by atoms with Crippen molar-refractivity contribution in [3.05, 3.63) is 196 Å². The zero-order chi connectivity index (χ0) is 98.5. The number of fused-ring (bicyclic) bond motifs is 6. The van der Waals surface area contributed by atoms with Gasteiger partial charge in [-0.05, 0) is 268 Å². The Labute approximate surface area is 1010 Å².